The van der Waals surface area contributed by atoms with E-state index >= 15 is 0 Å². The molecule has 170 valence electrons. The van der Waals surface area contributed by atoms with Crippen LogP contribution >= 0.6 is 0 Å². The molecule has 2 aromatic rings. The number of ketones is 1. The Morgan fingerprint density at radius 1 is 0.906 bits per heavy atom. The van der Waals surface area contributed by atoms with Gasteiger partial charge in [-0.1, -0.05) is 0 Å². The van der Waals surface area contributed by atoms with Crippen molar-refractivity contribution in [2.24, 2.45) is 0 Å². The molecule has 32 heavy (non-hydrogen) atoms. The molecule has 0 aliphatic carbocycles. The first-order valence-electron chi connectivity index (χ1n) is 10.7. The Labute approximate surface area is 186 Å². The normalized spacial score (nSPS) is 13.6. The molecule has 0 atom stereocenters. The molecular weight excluding hydrogens is 415 g/mol. The number of hydrogen-bond donors (Lipinski definition) is 0. The molecule has 1 saturated heterocycles. The number of piperazine rings is 1. The molecule has 3 rings (SSSR count). The van der Waals surface area contributed by atoms with Crippen LogP contribution in [0.25, 0.3) is 0 Å². The number of carbonyl (C=O) groups excluding carboxylic acids is 3. The van der Waals surface area contributed by atoms with Crippen LogP contribution in [0.15, 0.2) is 48.5 Å². The zero-order chi connectivity index (χ0) is 22.9. The number of esters is 1. The number of hydrogen-bond acceptors (Lipinski definition) is 6. The van der Waals surface area contributed by atoms with Crippen LogP contribution < -0.4 is 9.64 Å². The highest BCUT2D eigenvalue weighted by Gasteiger charge is 2.22. The summed E-state index contributed by atoms with van der Waals surface area (Å²) in [7, 11) is 0. The van der Waals surface area contributed by atoms with E-state index < -0.39 is 5.97 Å². The molecule has 0 bridgehead atoms. The van der Waals surface area contributed by atoms with E-state index in [1.807, 2.05) is 6.92 Å². The second-order valence-corrected chi connectivity index (χ2v) is 7.39. The minimum absolute atomic E-state index is 0.0113. The molecule has 0 saturated carbocycles. The van der Waals surface area contributed by atoms with E-state index in [2.05, 4.69) is 4.90 Å². The summed E-state index contributed by atoms with van der Waals surface area (Å²) in [6.07, 6.45) is -0.0744. The smallest absolute Gasteiger partial charge is 0.306 e. The molecule has 1 fully saturated rings. The maximum Gasteiger partial charge on any atom is 0.306 e. The Balaban J connectivity index is 1.36. The summed E-state index contributed by atoms with van der Waals surface area (Å²) in [5.41, 5.74) is 1.40. The summed E-state index contributed by atoms with van der Waals surface area (Å²) in [6.45, 7) is 4.29. The lowest BCUT2D eigenvalue weighted by Gasteiger charge is -2.36. The lowest BCUT2D eigenvalue weighted by molar-refractivity contribution is -0.152. The first-order valence-corrected chi connectivity index (χ1v) is 10.7. The Kier molecular flexibility index (Phi) is 8.19. The van der Waals surface area contributed by atoms with Gasteiger partial charge in [-0.3, -0.25) is 14.4 Å². The van der Waals surface area contributed by atoms with Gasteiger partial charge in [0.2, 0.25) is 0 Å². The lowest BCUT2D eigenvalue weighted by Crippen LogP contribution is -2.49. The van der Waals surface area contributed by atoms with Crippen molar-refractivity contribution in [3.8, 4) is 5.75 Å². The first kappa shape index (κ1) is 23.2. The zero-order valence-corrected chi connectivity index (χ0v) is 18.1. The van der Waals surface area contributed by atoms with Gasteiger partial charge in [0, 0.05) is 43.9 Å². The predicted molar refractivity (Wildman–Crippen MR) is 117 cm³/mol. The largest absolute Gasteiger partial charge is 0.494 e. The van der Waals surface area contributed by atoms with Crippen LogP contribution in [0.1, 0.15) is 30.1 Å². The molecule has 8 heteroatoms. The van der Waals surface area contributed by atoms with Gasteiger partial charge in [-0.2, -0.15) is 0 Å². The number of Topliss-reactive ketones (excluding diaryl/α,β-unsaturated/α-hetero) is 1. The fourth-order valence-corrected chi connectivity index (χ4v) is 3.44. The maximum absolute atomic E-state index is 13.1. The van der Waals surface area contributed by atoms with Crippen LogP contribution in [0.2, 0.25) is 0 Å². The highest BCUT2D eigenvalue weighted by atomic mass is 19.1. The fourth-order valence-electron chi connectivity index (χ4n) is 3.44. The van der Waals surface area contributed by atoms with Crippen molar-refractivity contribution >= 4 is 23.3 Å². The SMILES string of the molecule is CCOc1ccc(C(=O)CCC(=O)OCC(=O)N2CCN(c3ccc(F)cc3)CC2)cc1. The Morgan fingerprint density at radius 2 is 1.56 bits per heavy atom. The first-order chi connectivity index (χ1) is 15.5. The predicted octanol–water partition coefficient (Wildman–Crippen LogP) is 3.08. The third-order valence-electron chi connectivity index (χ3n) is 5.22. The monoisotopic (exact) mass is 442 g/mol. The van der Waals surface area contributed by atoms with E-state index in [0.717, 1.165) is 5.69 Å². The summed E-state index contributed by atoms with van der Waals surface area (Å²) in [6, 6.07) is 13.0. The quantitative estimate of drug-likeness (QED) is 0.439. The van der Waals surface area contributed by atoms with Gasteiger partial charge in [0.15, 0.2) is 12.4 Å². The minimum Gasteiger partial charge on any atom is -0.494 e. The summed E-state index contributed by atoms with van der Waals surface area (Å²) in [5.74, 6) is -0.628. The third kappa shape index (κ3) is 6.54. The molecule has 0 radical (unpaired) electrons. The van der Waals surface area contributed by atoms with Crippen LogP contribution in [-0.2, 0) is 14.3 Å². The molecule has 0 N–H and O–H groups in total. The van der Waals surface area contributed by atoms with Crippen LogP contribution in [0, 0.1) is 5.82 Å². The molecule has 0 unspecified atom stereocenters. The van der Waals surface area contributed by atoms with E-state index in [4.69, 9.17) is 9.47 Å². The van der Waals surface area contributed by atoms with Crippen molar-refractivity contribution in [3.05, 3.63) is 59.9 Å². The molecule has 1 heterocycles. The number of halogens is 1. The van der Waals surface area contributed by atoms with Gasteiger partial charge in [-0.15, -0.1) is 0 Å². The summed E-state index contributed by atoms with van der Waals surface area (Å²) in [4.78, 5) is 40.2. The Morgan fingerprint density at radius 3 is 2.19 bits per heavy atom. The summed E-state index contributed by atoms with van der Waals surface area (Å²) < 4.78 is 23.5. The Bertz CT molecular complexity index is 922. The van der Waals surface area contributed by atoms with E-state index in [1.165, 1.54) is 12.1 Å². The van der Waals surface area contributed by atoms with Gasteiger partial charge >= 0.3 is 5.97 Å². The number of ether oxygens (including phenoxy) is 2. The maximum atomic E-state index is 13.1. The van der Waals surface area contributed by atoms with Crippen molar-refractivity contribution in [1.82, 2.24) is 4.90 Å². The van der Waals surface area contributed by atoms with Crippen molar-refractivity contribution in [1.29, 1.82) is 0 Å². The zero-order valence-electron chi connectivity index (χ0n) is 18.1. The van der Waals surface area contributed by atoms with E-state index in [-0.39, 0.29) is 37.0 Å². The van der Waals surface area contributed by atoms with Crippen molar-refractivity contribution in [2.45, 2.75) is 19.8 Å². The third-order valence-corrected chi connectivity index (χ3v) is 5.22. The topological polar surface area (TPSA) is 76.2 Å². The van der Waals surface area contributed by atoms with Gasteiger partial charge in [-0.25, -0.2) is 4.39 Å². The molecular formula is C24H27FN2O5. The van der Waals surface area contributed by atoms with Crippen molar-refractivity contribution in [2.75, 3.05) is 44.3 Å². The highest BCUT2D eigenvalue weighted by Crippen LogP contribution is 2.17. The molecule has 1 amide bonds. The fraction of sp³-hybridized carbons (Fsp3) is 0.375. The molecule has 1 aliphatic rings. The highest BCUT2D eigenvalue weighted by molar-refractivity contribution is 5.97. The lowest BCUT2D eigenvalue weighted by atomic mass is 10.1. The molecule has 0 spiro atoms. The molecule has 1 aliphatic heterocycles. The van der Waals surface area contributed by atoms with Gasteiger partial charge in [0.1, 0.15) is 11.6 Å². The number of anilines is 1. The number of rotatable bonds is 9. The van der Waals surface area contributed by atoms with E-state index in [0.29, 0.717) is 44.1 Å². The standard InChI is InChI=1S/C24H27FN2O5/c1-2-31-21-9-3-18(4-10-21)22(28)11-12-24(30)32-17-23(29)27-15-13-26(14-16-27)20-7-5-19(25)6-8-20/h3-10H,2,11-17H2,1H3. The minimum atomic E-state index is -0.581. The van der Waals surface area contributed by atoms with Crippen LogP contribution in [0.4, 0.5) is 10.1 Å². The second kappa shape index (κ2) is 11.3. The van der Waals surface area contributed by atoms with Crippen LogP contribution in [0.3, 0.4) is 0 Å². The van der Waals surface area contributed by atoms with Crippen molar-refractivity contribution in [3.63, 3.8) is 0 Å². The average molecular weight is 442 g/mol. The number of nitrogens with zero attached hydrogens (tertiary/aromatic N) is 2. The molecule has 0 aromatic heterocycles. The van der Waals surface area contributed by atoms with Crippen LogP contribution in [0.5, 0.6) is 5.75 Å². The molecule has 7 nitrogen and oxygen atoms in total. The number of carbonyl (C=O) groups is 3. The van der Waals surface area contributed by atoms with E-state index in [9.17, 15) is 18.8 Å². The Hall–Kier alpha value is -3.42. The summed E-state index contributed by atoms with van der Waals surface area (Å²) in [5, 5.41) is 0. The van der Waals surface area contributed by atoms with E-state index in [1.54, 1.807) is 41.3 Å². The molecule has 2 aromatic carbocycles. The van der Waals surface area contributed by atoms with Gasteiger partial charge < -0.3 is 19.3 Å². The second-order valence-electron chi connectivity index (χ2n) is 7.39. The van der Waals surface area contributed by atoms with Crippen molar-refractivity contribution < 1.29 is 28.2 Å². The van der Waals surface area contributed by atoms with Gasteiger partial charge in [-0.05, 0) is 55.5 Å². The van der Waals surface area contributed by atoms with Gasteiger partial charge in [0.05, 0.1) is 13.0 Å². The average Bonchev–Trinajstić information content (AvgIpc) is 2.82. The number of benzene rings is 2. The number of amides is 1. The van der Waals surface area contributed by atoms with Crippen LogP contribution in [-0.4, -0.2) is 62.0 Å². The van der Waals surface area contributed by atoms with Gasteiger partial charge in [0.25, 0.3) is 5.91 Å². The summed E-state index contributed by atoms with van der Waals surface area (Å²) >= 11 is 0.